The van der Waals surface area contributed by atoms with Gasteiger partial charge < -0.3 is 20.1 Å². The summed E-state index contributed by atoms with van der Waals surface area (Å²) in [6.07, 6.45) is 1.38. The Morgan fingerprint density at radius 2 is 1.85 bits per heavy atom. The van der Waals surface area contributed by atoms with E-state index in [1.807, 2.05) is 38.1 Å². The molecule has 2 rings (SSSR count). The molecule has 0 aliphatic carbocycles. The molecule has 26 heavy (non-hydrogen) atoms. The Labute approximate surface area is 153 Å². The summed E-state index contributed by atoms with van der Waals surface area (Å²) in [4.78, 5) is 12.4. The van der Waals surface area contributed by atoms with Crippen molar-refractivity contribution in [3.05, 3.63) is 59.3 Å². The molecule has 0 saturated heterocycles. The quantitative estimate of drug-likeness (QED) is 0.611. The van der Waals surface area contributed by atoms with Crippen molar-refractivity contribution in [2.75, 3.05) is 24.9 Å². The molecular formula is C20H21N3O3. The zero-order chi connectivity index (χ0) is 19.1. The average Bonchev–Trinajstić information content (AvgIpc) is 2.65. The first-order valence-electron chi connectivity index (χ1n) is 7.96. The van der Waals surface area contributed by atoms with Crippen molar-refractivity contribution in [2.24, 2.45) is 0 Å². The van der Waals surface area contributed by atoms with E-state index in [2.05, 4.69) is 10.6 Å². The first-order valence-corrected chi connectivity index (χ1v) is 7.96. The monoisotopic (exact) mass is 351 g/mol. The van der Waals surface area contributed by atoms with E-state index in [9.17, 15) is 10.1 Å². The van der Waals surface area contributed by atoms with Crippen LogP contribution in [0.15, 0.2) is 48.2 Å². The second kappa shape index (κ2) is 8.58. The summed E-state index contributed by atoms with van der Waals surface area (Å²) in [5, 5.41) is 15.0. The van der Waals surface area contributed by atoms with Gasteiger partial charge in [0, 0.05) is 18.0 Å². The van der Waals surface area contributed by atoms with Crippen LogP contribution in [0.1, 0.15) is 11.1 Å². The predicted molar refractivity (Wildman–Crippen MR) is 101 cm³/mol. The Hall–Kier alpha value is -3.46. The van der Waals surface area contributed by atoms with E-state index in [1.165, 1.54) is 26.0 Å². The van der Waals surface area contributed by atoms with Crippen LogP contribution in [-0.4, -0.2) is 20.1 Å². The van der Waals surface area contributed by atoms with E-state index in [-0.39, 0.29) is 5.57 Å². The van der Waals surface area contributed by atoms with E-state index in [0.29, 0.717) is 17.2 Å². The second-order valence-corrected chi connectivity index (χ2v) is 5.63. The lowest BCUT2D eigenvalue weighted by atomic mass is 10.1. The van der Waals surface area contributed by atoms with E-state index in [1.54, 1.807) is 18.2 Å². The lowest BCUT2D eigenvalue weighted by Gasteiger charge is -2.11. The number of carbonyl (C=O) groups is 1. The van der Waals surface area contributed by atoms with Crippen LogP contribution in [0.2, 0.25) is 0 Å². The molecule has 6 nitrogen and oxygen atoms in total. The maximum absolute atomic E-state index is 12.4. The molecule has 0 aliphatic rings. The zero-order valence-corrected chi connectivity index (χ0v) is 15.2. The topological polar surface area (TPSA) is 83.4 Å². The van der Waals surface area contributed by atoms with Gasteiger partial charge in [-0.3, -0.25) is 4.79 Å². The van der Waals surface area contributed by atoms with Gasteiger partial charge in [-0.15, -0.1) is 0 Å². The third-order valence-electron chi connectivity index (χ3n) is 3.91. The highest BCUT2D eigenvalue weighted by molar-refractivity contribution is 6.07. The fourth-order valence-corrected chi connectivity index (χ4v) is 2.24. The van der Waals surface area contributed by atoms with Crippen molar-refractivity contribution < 1.29 is 14.3 Å². The van der Waals surface area contributed by atoms with Gasteiger partial charge in [0.2, 0.25) is 0 Å². The first-order chi connectivity index (χ1) is 12.5. The van der Waals surface area contributed by atoms with Crippen LogP contribution in [-0.2, 0) is 4.79 Å². The highest BCUT2D eigenvalue weighted by atomic mass is 16.5. The minimum Gasteiger partial charge on any atom is -0.497 e. The van der Waals surface area contributed by atoms with Gasteiger partial charge in [0.05, 0.1) is 19.9 Å². The normalized spacial score (nSPS) is 10.7. The van der Waals surface area contributed by atoms with Crippen molar-refractivity contribution in [1.82, 2.24) is 0 Å². The summed E-state index contributed by atoms with van der Waals surface area (Å²) < 4.78 is 10.4. The number of rotatable bonds is 6. The fourth-order valence-electron chi connectivity index (χ4n) is 2.24. The molecule has 134 valence electrons. The summed E-state index contributed by atoms with van der Waals surface area (Å²) in [6.45, 7) is 4.02. The molecule has 0 atom stereocenters. The van der Waals surface area contributed by atoms with Crippen LogP contribution in [0, 0.1) is 25.2 Å². The predicted octanol–water partition coefficient (Wildman–Crippen LogP) is 3.78. The molecule has 2 aromatic carbocycles. The lowest BCUT2D eigenvalue weighted by Crippen LogP contribution is -2.15. The van der Waals surface area contributed by atoms with E-state index < -0.39 is 5.91 Å². The number of ether oxygens (including phenoxy) is 2. The molecule has 2 N–H and O–H groups in total. The highest BCUT2D eigenvalue weighted by Crippen LogP contribution is 2.29. The number of carbonyl (C=O) groups excluding carboxylic acids is 1. The summed E-state index contributed by atoms with van der Waals surface area (Å²) in [5.74, 6) is 0.491. The molecule has 0 radical (unpaired) electrons. The molecule has 0 fully saturated rings. The van der Waals surface area contributed by atoms with Crippen LogP contribution in [0.3, 0.4) is 0 Å². The van der Waals surface area contributed by atoms with Gasteiger partial charge in [0.15, 0.2) is 0 Å². The molecule has 0 aliphatic heterocycles. The van der Waals surface area contributed by atoms with Crippen LogP contribution in [0.5, 0.6) is 11.5 Å². The van der Waals surface area contributed by atoms with Crippen LogP contribution in [0.4, 0.5) is 11.4 Å². The van der Waals surface area contributed by atoms with Crippen LogP contribution < -0.4 is 20.1 Å². The van der Waals surface area contributed by atoms with Gasteiger partial charge in [-0.05, 0) is 49.2 Å². The van der Waals surface area contributed by atoms with Gasteiger partial charge in [0.1, 0.15) is 23.1 Å². The molecule has 0 saturated carbocycles. The van der Waals surface area contributed by atoms with Crippen molar-refractivity contribution in [2.45, 2.75) is 13.8 Å². The second-order valence-electron chi connectivity index (χ2n) is 5.63. The number of anilines is 2. The van der Waals surface area contributed by atoms with E-state index in [0.717, 1.165) is 11.3 Å². The Bertz CT molecular complexity index is 882. The van der Waals surface area contributed by atoms with Gasteiger partial charge in [-0.25, -0.2) is 0 Å². The number of benzene rings is 2. The van der Waals surface area contributed by atoms with Crippen LogP contribution in [0.25, 0.3) is 0 Å². The van der Waals surface area contributed by atoms with E-state index >= 15 is 0 Å². The van der Waals surface area contributed by atoms with Gasteiger partial charge in [-0.2, -0.15) is 5.26 Å². The molecule has 0 spiro atoms. The third-order valence-corrected chi connectivity index (χ3v) is 3.91. The Kier molecular flexibility index (Phi) is 6.23. The van der Waals surface area contributed by atoms with Crippen molar-refractivity contribution >= 4 is 17.3 Å². The van der Waals surface area contributed by atoms with Crippen molar-refractivity contribution in [3.8, 4) is 17.6 Å². The number of nitrogens with zero attached hydrogens (tertiary/aromatic N) is 1. The molecular weight excluding hydrogens is 330 g/mol. The molecule has 0 heterocycles. The highest BCUT2D eigenvalue weighted by Gasteiger charge is 2.13. The number of hydrogen-bond acceptors (Lipinski definition) is 5. The Morgan fingerprint density at radius 3 is 2.46 bits per heavy atom. The molecule has 0 aromatic heterocycles. The summed E-state index contributed by atoms with van der Waals surface area (Å²) >= 11 is 0. The van der Waals surface area contributed by atoms with E-state index in [4.69, 9.17) is 9.47 Å². The number of amides is 1. The molecule has 0 unspecified atom stereocenters. The molecule has 0 bridgehead atoms. The summed E-state index contributed by atoms with van der Waals surface area (Å²) in [6, 6.07) is 12.7. The zero-order valence-electron chi connectivity index (χ0n) is 15.2. The minimum absolute atomic E-state index is 0.0619. The number of aryl methyl sites for hydroxylation is 2. The van der Waals surface area contributed by atoms with Crippen molar-refractivity contribution in [1.29, 1.82) is 5.26 Å². The maximum atomic E-state index is 12.4. The lowest BCUT2D eigenvalue weighted by molar-refractivity contribution is -0.112. The average molecular weight is 351 g/mol. The largest absolute Gasteiger partial charge is 0.497 e. The Balaban J connectivity index is 2.18. The smallest absolute Gasteiger partial charge is 0.267 e. The van der Waals surface area contributed by atoms with Gasteiger partial charge >= 0.3 is 0 Å². The van der Waals surface area contributed by atoms with Gasteiger partial charge in [-0.1, -0.05) is 6.07 Å². The number of methoxy groups -OCH3 is 2. The third kappa shape index (κ3) is 4.54. The number of nitrogens with one attached hydrogen (secondary N) is 2. The summed E-state index contributed by atoms with van der Waals surface area (Å²) in [7, 11) is 3.03. The van der Waals surface area contributed by atoms with Crippen molar-refractivity contribution in [3.63, 3.8) is 0 Å². The summed E-state index contributed by atoms with van der Waals surface area (Å²) in [5.41, 5.74) is 3.44. The minimum atomic E-state index is -0.546. The number of hydrogen-bond donors (Lipinski definition) is 2. The molecule has 6 heteroatoms. The maximum Gasteiger partial charge on any atom is 0.267 e. The standard InChI is InChI=1S/C20H21N3O3/c1-13-5-6-16(9-14(13)2)22-12-15(11-21)20(24)23-18-10-17(25-3)7-8-19(18)26-4/h5-10,12,22H,1-4H3,(H,23,24)/b15-12-. The molecule has 1 amide bonds. The SMILES string of the molecule is COc1ccc(OC)c(NC(=O)/C(C#N)=C\Nc2ccc(C)c(C)c2)c1. The van der Waals surface area contributed by atoms with Crippen LogP contribution >= 0.6 is 0 Å². The first kappa shape index (κ1) is 18.9. The Morgan fingerprint density at radius 1 is 1.08 bits per heavy atom. The number of nitriles is 1. The van der Waals surface area contributed by atoms with Gasteiger partial charge in [0.25, 0.3) is 5.91 Å². The molecule has 2 aromatic rings. The fraction of sp³-hybridized carbons (Fsp3) is 0.200.